The SMILES string of the molecule is Cc1ccccc1Cc1nc(N)c2ccsc2n1. The van der Waals surface area contributed by atoms with Crippen LogP contribution in [0.25, 0.3) is 10.2 Å². The lowest BCUT2D eigenvalue weighted by Gasteiger charge is -2.05. The lowest BCUT2D eigenvalue weighted by Crippen LogP contribution is -2.01. The monoisotopic (exact) mass is 255 g/mol. The van der Waals surface area contributed by atoms with E-state index < -0.39 is 0 Å². The summed E-state index contributed by atoms with van der Waals surface area (Å²) in [6, 6.07) is 10.2. The summed E-state index contributed by atoms with van der Waals surface area (Å²) >= 11 is 1.60. The maximum absolute atomic E-state index is 5.95. The molecule has 18 heavy (non-hydrogen) atoms. The maximum Gasteiger partial charge on any atom is 0.136 e. The van der Waals surface area contributed by atoms with Crippen molar-refractivity contribution in [2.45, 2.75) is 13.3 Å². The molecule has 1 aromatic carbocycles. The molecule has 0 aliphatic rings. The number of anilines is 1. The van der Waals surface area contributed by atoms with Crippen molar-refractivity contribution < 1.29 is 0 Å². The van der Waals surface area contributed by atoms with Gasteiger partial charge in [0.05, 0.1) is 5.39 Å². The molecule has 3 nitrogen and oxygen atoms in total. The van der Waals surface area contributed by atoms with E-state index in [1.54, 1.807) is 11.3 Å². The third kappa shape index (κ3) is 1.95. The first kappa shape index (κ1) is 11.2. The fourth-order valence-corrected chi connectivity index (χ4v) is 2.77. The second-order valence-corrected chi connectivity index (χ2v) is 5.16. The Morgan fingerprint density at radius 1 is 1.17 bits per heavy atom. The Kier molecular flexibility index (Phi) is 2.72. The molecule has 2 heterocycles. The summed E-state index contributed by atoms with van der Waals surface area (Å²) in [5.74, 6) is 1.36. The highest BCUT2D eigenvalue weighted by Gasteiger charge is 2.07. The fraction of sp³-hybridized carbons (Fsp3) is 0.143. The van der Waals surface area contributed by atoms with E-state index in [-0.39, 0.29) is 0 Å². The summed E-state index contributed by atoms with van der Waals surface area (Å²) < 4.78 is 0. The first-order valence-corrected chi connectivity index (χ1v) is 6.66. The highest BCUT2D eigenvalue weighted by Crippen LogP contribution is 2.23. The molecule has 0 aliphatic carbocycles. The Labute approximate surface area is 109 Å². The molecule has 0 fully saturated rings. The van der Waals surface area contributed by atoms with Crippen LogP contribution in [0.2, 0.25) is 0 Å². The Morgan fingerprint density at radius 3 is 2.83 bits per heavy atom. The lowest BCUT2D eigenvalue weighted by molar-refractivity contribution is 0.992. The number of nitrogens with two attached hydrogens (primary N) is 1. The summed E-state index contributed by atoms with van der Waals surface area (Å²) in [4.78, 5) is 9.91. The van der Waals surface area contributed by atoms with E-state index in [0.717, 1.165) is 22.5 Å². The zero-order valence-corrected chi connectivity index (χ0v) is 10.9. The molecular weight excluding hydrogens is 242 g/mol. The minimum Gasteiger partial charge on any atom is -0.383 e. The number of hydrogen-bond donors (Lipinski definition) is 1. The van der Waals surface area contributed by atoms with Crippen molar-refractivity contribution in [3.8, 4) is 0 Å². The Hall–Kier alpha value is -1.94. The van der Waals surface area contributed by atoms with Crippen molar-refractivity contribution in [3.05, 3.63) is 52.7 Å². The highest BCUT2D eigenvalue weighted by molar-refractivity contribution is 7.16. The highest BCUT2D eigenvalue weighted by atomic mass is 32.1. The van der Waals surface area contributed by atoms with Crippen LogP contribution in [0.5, 0.6) is 0 Å². The van der Waals surface area contributed by atoms with E-state index in [1.807, 2.05) is 23.6 Å². The van der Waals surface area contributed by atoms with Crippen LogP contribution in [0.4, 0.5) is 5.82 Å². The van der Waals surface area contributed by atoms with Crippen molar-refractivity contribution in [2.24, 2.45) is 0 Å². The molecule has 0 amide bonds. The van der Waals surface area contributed by atoms with Crippen LogP contribution in [-0.4, -0.2) is 9.97 Å². The van der Waals surface area contributed by atoms with Crippen LogP contribution < -0.4 is 5.73 Å². The number of rotatable bonds is 2. The minimum atomic E-state index is 0.574. The molecule has 4 heteroatoms. The van der Waals surface area contributed by atoms with Gasteiger partial charge >= 0.3 is 0 Å². The molecule has 0 unspecified atom stereocenters. The van der Waals surface area contributed by atoms with Crippen molar-refractivity contribution in [1.29, 1.82) is 0 Å². The van der Waals surface area contributed by atoms with Gasteiger partial charge in [-0.1, -0.05) is 24.3 Å². The molecule has 2 N–H and O–H groups in total. The molecule has 0 bridgehead atoms. The first-order chi connectivity index (χ1) is 8.74. The second kappa shape index (κ2) is 4.38. The third-order valence-corrected chi connectivity index (χ3v) is 3.82. The standard InChI is InChI=1S/C14H13N3S/c1-9-4-2-3-5-10(9)8-12-16-13(15)11-6-7-18-14(11)17-12/h2-7H,8H2,1H3,(H2,15,16,17). The molecule has 3 aromatic rings. The number of thiophene rings is 1. The van der Waals surface area contributed by atoms with Gasteiger partial charge in [-0.2, -0.15) is 0 Å². The van der Waals surface area contributed by atoms with E-state index in [2.05, 4.69) is 29.0 Å². The lowest BCUT2D eigenvalue weighted by atomic mass is 10.1. The maximum atomic E-state index is 5.95. The third-order valence-electron chi connectivity index (χ3n) is 3.01. The van der Waals surface area contributed by atoms with E-state index in [9.17, 15) is 0 Å². The molecule has 0 radical (unpaired) electrons. The van der Waals surface area contributed by atoms with Gasteiger partial charge in [-0.15, -0.1) is 11.3 Å². The molecule has 0 saturated heterocycles. The minimum absolute atomic E-state index is 0.574. The predicted octanol–water partition coefficient (Wildman–Crippen LogP) is 3.17. The van der Waals surface area contributed by atoms with E-state index in [1.165, 1.54) is 11.1 Å². The molecule has 0 spiro atoms. The molecular formula is C14H13N3S. The average Bonchev–Trinajstić information content (AvgIpc) is 2.81. The van der Waals surface area contributed by atoms with Gasteiger partial charge in [0.1, 0.15) is 16.5 Å². The van der Waals surface area contributed by atoms with Crippen LogP contribution in [0, 0.1) is 6.92 Å². The van der Waals surface area contributed by atoms with Crippen molar-refractivity contribution >= 4 is 27.4 Å². The molecule has 90 valence electrons. The molecule has 3 rings (SSSR count). The number of nitrogens with zero attached hydrogens (tertiary/aromatic N) is 2. The number of fused-ring (bicyclic) bond motifs is 1. The van der Waals surface area contributed by atoms with Crippen molar-refractivity contribution in [3.63, 3.8) is 0 Å². The van der Waals surface area contributed by atoms with Crippen molar-refractivity contribution in [2.75, 3.05) is 5.73 Å². The van der Waals surface area contributed by atoms with Gasteiger partial charge in [-0.25, -0.2) is 9.97 Å². The Morgan fingerprint density at radius 2 is 2.00 bits per heavy atom. The first-order valence-electron chi connectivity index (χ1n) is 5.78. The van der Waals surface area contributed by atoms with E-state index in [4.69, 9.17) is 5.73 Å². The van der Waals surface area contributed by atoms with Gasteiger partial charge in [-0.3, -0.25) is 0 Å². The van der Waals surface area contributed by atoms with Crippen molar-refractivity contribution in [1.82, 2.24) is 9.97 Å². The van der Waals surface area contributed by atoms with Crippen LogP contribution in [0.15, 0.2) is 35.7 Å². The van der Waals surface area contributed by atoms with Crippen LogP contribution in [0.3, 0.4) is 0 Å². The Balaban J connectivity index is 2.02. The average molecular weight is 255 g/mol. The fourth-order valence-electron chi connectivity index (χ4n) is 1.98. The second-order valence-electron chi connectivity index (χ2n) is 4.27. The van der Waals surface area contributed by atoms with Crippen LogP contribution in [-0.2, 0) is 6.42 Å². The smallest absolute Gasteiger partial charge is 0.136 e. The molecule has 0 saturated carbocycles. The quantitative estimate of drug-likeness (QED) is 0.765. The topological polar surface area (TPSA) is 51.8 Å². The number of benzene rings is 1. The summed E-state index contributed by atoms with van der Waals surface area (Å²) in [5, 5.41) is 2.95. The summed E-state index contributed by atoms with van der Waals surface area (Å²) in [5.41, 5.74) is 8.45. The van der Waals surface area contributed by atoms with Crippen LogP contribution >= 0.6 is 11.3 Å². The molecule has 0 atom stereocenters. The summed E-state index contributed by atoms with van der Waals surface area (Å²) in [6.45, 7) is 2.10. The molecule has 0 aliphatic heterocycles. The van der Waals surface area contributed by atoms with Gasteiger partial charge < -0.3 is 5.73 Å². The van der Waals surface area contributed by atoms with Gasteiger partial charge in [0.25, 0.3) is 0 Å². The van der Waals surface area contributed by atoms with Gasteiger partial charge in [0.2, 0.25) is 0 Å². The molecule has 2 aromatic heterocycles. The van der Waals surface area contributed by atoms with Gasteiger partial charge in [0.15, 0.2) is 0 Å². The van der Waals surface area contributed by atoms with Gasteiger partial charge in [0, 0.05) is 6.42 Å². The predicted molar refractivity (Wildman–Crippen MR) is 75.8 cm³/mol. The van der Waals surface area contributed by atoms with E-state index in [0.29, 0.717) is 5.82 Å². The number of aromatic nitrogens is 2. The zero-order chi connectivity index (χ0) is 12.5. The number of hydrogen-bond acceptors (Lipinski definition) is 4. The number of aryl methyl sites for hydroxylation is 1. The summed E-state index contributed by atoms with van der Waals surface area (Å²) in [6.07, 6.45) is 0.727. The summed E-state index contributed by atoms with van der Waals surface area (Å²) in [7, 11) is 0. The number of nitrogen functional groups attached to an aromatic ring is 1. The van der Waals surface area contributed by atoms with E-state index >= 15 is 0 Å². The Bertz CT molecular complexity index is 703. The zero-order valence-electron chi connectivity index (χ0n) is 10.1. The van der Waals surface area contributed by atoms with Crippen LogP contribution in [0.1, 0.15) is 17.0 Å². The normalized spacial score (nSPS) is 10.9. The largest absolute Gasteiger partial charge is 0.383 e. The van der Waals surface area contributed by atoms with Gasteiger partial charge in [-0.05, 0) is 29.5 Å².